The number of nitrogen functional groups attached to an aromatic ring is 1. The van der Waals surface area contributed by atoms with Crippen molar-refractivity contribution in [3.05, 3.63) is 33.7 Å². The molecule has 2 rings (SSSR count). The van der Waals surface area contributed by atoms with Gasteiger partial charge in [-0.25, -0.2) is 13.1 Å². The summed E-state index contributed by atoms with van der Waals surface area (Å²) in [6.45, 7) is 2.96. The van der Waals surface area contributed by atoms with Crippen LogP contribution in [0.15, 0.2) is 21.4 Å². The first-order valence-corrected chi connectivity index (χ1v) is 7.06. The van der Waals surface area contributed by atoms with Gasteiger partial charge >= 0.3 is 6.01 Å². The zero-order chi connectivity index (χ0) is 15.8. The molecule has 0 aliphatic carbocycles. The molecule has 0 atom stereocenters. The number of hydrogen-bond donors (Lipinski definition) is 2. The number of nitrogens with two attached hydrogens (primary N) is 1. The van der Waals surface area contributed by atoms with Crippen LogP contribution in [0.5, 0.6) is 0 Å². The number of aryl methyl sites for hydroxylation is 2. The van der Waals surface area contributed by atoms with Crippen LogP contribution in [0.3, 0.4) is 0 Å². The number of nitro groups is 1. The molecule has 0 spiro atoms. The van der Waals surface area contributed by atoms with E-state index in [-0.39, 0.29) is 28.1 Å². The summed E-state index contributed by atoms with van der Waals surface area (Å²) in [5, 5.41) is 17.8. The minimum absolute atomic E-state index is 0.120. The van der Waals surface area contributed by atoms with Crippen LogP contribution in [0.1, 0.15) is 11.5 Å². The lowest BCUT2D eigenvalue weighted by molar-refractivity contribution is -0.384. The van der Waals surface area contributed by atoms with E-state index in [9.17, 15) is 18.5 Å². The second kappa shape index (κ2) is 5.01. The van der Waals surface area contributed by atoms with Crippen LogP contribution in [0, 0.1) is 24.0 Å². The van der Waals surface area contributed by atoms with Gasteiger partial charge in [0.05, 0.1) is 9.82 Å². The van der Waals surface area contributed by atoms with E-state index in [1.165, 1.54) is 19.9 Å². The van der Waals surface area contributed by atoms with E-state index in [0.717, 1.165) is 6.07 Å². The Bertz CT molecular complexity index is 813. The molecule has 0 amide bonds. The zero-order valence-electron chi connectivity index (χ0n) is 11.0. The molecule has 1 heterocycles. The summed E-state index contributed by atoms with van der Waals surface area (Å²) in [5.74, 6) is 0.174. The van der Waals surface area contributed by atoms with Crippen molar-refractivity contribution in [2.45, 2.75) is 18.7 Å². The topological polar surface area (TPSA) is 154 Å². The molecule has 1 aromatic carbocycles. The third-order valence-electron chi connectivity index (χ3n) is 2.56. The van der Waals surface area contributed by atoms with Crippen LogP contribution in [0.2, 0.25) is 0 Å². The standard InChI is InChI=1S/C10H11N5O5S/c1-5-3-7(11)8(15(16)17)4-9(5)21(18,19)14-10-13-12-6(2)20-10/h3-4H,11H2,1-2H3,(H,13,14). The molecule has 0 fully saturated rings. The number of hydrogen-bond acceptors (Lipinski definition) is 8. The summed E-state index contributed by atoms with van der Waals surface area (Å²) in [5.41, 5.74) is 5.13. The van der Waals surface area contributed by atoms with Crippen LogP contribution >= 0.6 is 0 Å². The van der Waals surface area contributed by atoms with Crippen molar-refractivity contribution in [2.75, 3.05) is 10.5 Å². The maximum atomic E-state index is 12.2. The summed E-state index contributed by atoms with van der Waals surface area (Å²) in [6.07, 6.45) is 0. The molecule has 0 saturated heterocycles. The Labute approximate surface area is 119 Å². The lowest BCUT2D eigenvalue weighted by atomic mass is 10.2. The van der Waals surface area contributed by atoms with Gasteiger partial charge < -0.3 is 10.2 Å². The lowest BCUT2D eigenvalue weighted by Crippen LogP contribution is -2.15. The van der Waals surface area contributed by atoms with Crippen LogP contribution in [-0.2, 0) is 10.0 Å². The van der Waals surface area contributed by atoms with Crippen molar-refractivity contribution in [1.82, 2.24) is 10.2 Å². The van der Waals surface area contributed by atoms with E-state index in [0.29, 0.717) is 0 Å². The molecule has 10 nitrogen and oxygen atoms in total. The van der Waals surface area contributed by atoms with Gasteiger partial charge in [-0.2, -0.15) is 0 Å². The van der Waals surface area contributed by atoms with Crippen molar-refractivity contribution in [3.8, 4) is 0 Å². The Balaban J connectivity index is 2.49. The fraction of sp³-hybridized carbons (Fsp3) is 0.200. The molecule has 3 N–H and O–H groups in total. The summed E-state index contributed by atoms with van der Waals surface area (Å²) in [6, 6.07) is 1.77. The molecule has 11 heteroatoms. The number of rotatable bonds is 4. The van der Waals surface area contributed by atoms with Crippen molar-refractivity contribution < 1.29 is 17.8 Å². The fourth-order valence-electron chi connectivity index (χ4n) is 1.66. The minimum Gasteiger partial charge on any atom is -0.408 e. The van der Waals surface area contributed by atoms with Gasteiger partial charge in [0, 0.05) is 13.0 Å². The van der Waals surface area contributed by atoms with Gasteiger partial charge in [0.15, 0.2) is 0 Å². The molecule has 0 unspecified atom stereocenters. The molecule has 0 bridgehead atoms. The first-order valence-electron chi connectivity index (χ1n) is 5.58. The van der Waals surface area contributed by atoms with Crippen molar-refractivity contribution in [1.29, 1.82) is 0 Å². The highest BCUT2D eigenvalue weighted by Crippen LogP contribution is 2.29. The smallest absolute Gasteiger partial charge is 0.329 e. The van der Waals surface area contributed by atoms with Crippen LogP contribution < -0.4 is 10.5 Å². The predicted octanol–water partition coefficient (Wildman–Crippen LogP) is 0.978. The van der Waals surface area contributed by atoms with E-state index >= 15 is 0 Å². The fourth-order valence-corrected chi connectivity index (χ4v) is 2.83. The maximum Gasteiger partial charge on any atom is 0.329 e. The average molecular weight is 313 g/mol. The molecule has 0 saturated carbocycles. The number of anilines is 2. The monoisotopic (exact) mass is 313 g/mol. The largest absolute Gasteiger partial charge is 0.408 e. The Morgan fingerprint density at radius 2 is 2.00 bits per heavy atom. The van der Waals surface area contributed by atoms with Gasteiger partial charge in [0.25, 0.3) is 15.7 Å². The molecule has 2 aromatic rings. The summed E-state index contributed by atoms with van der Waals surface area (Å²) >= 11 is 0. The summed E-state index contributed by atoms with van der Waals surface area (Å²) in [4.78, 5) is 9.79. The zero-order valence-corrected chi connectivity index (χ0v) is 11.8. The Kier molecular flexibility index (Phi) is 3.51. The first-order chi connectivity index (χ1) is 9.70. The van der Waals surface area contributed by atoms with Crippen molar-refractivity contribution in [3.63, 3.8) is 0 Å². The van der Waals surface area contributed by atoms with Gasteiger partial charge in [-0.05, 0) is 18.6 Å². The van der Waals surface area contributed by atoms with Gasteiger partial charge in [0.1, 0.15) is 5.69 Å². The maximum absolute atomic E-state index is 12.2. The van der Waals surface area contributed by atoms with Crippen LogP contribution in [0.4, 0.5) is 17.4 Å². The van der Waals surface area contributed by atoms with E-state index < -0.39 is 20.6 Å². The summed E-state index contributed by atoms with van der Waals surface area (Å²) in [7, 11) is -4.11. The molecule has 0 aliphatic rings. The number of nitrogens with zero attached hydrogens (tertiary/aromatic N) is 3. The highest BCUT2D eigenvalue weighted by Gasteiger charge is 2.24. The van der Waals surface area contributed by atoms with Crippen LogP contribution in [-0.4, -0.2) is 23.5 Å². The van der Waals surface area contributed by atoms with E-state index in [4.69, 9.17) is 10.2 Å². The molecule has 21 heavy (non-hydrogen) atoms. The molecule has 1 aromatic heterocycles. The third kappa shape index (κ3) is 2.91. The van der Waals surface area contributed by atoms with Crippen LogP contribution in [0.25, 0.3) is 0 Å². The normalized spacial score (nSPS) is 11.3. The highest BCUT2D eigenvalue weighted by atomic mass is 32.2. The van der Waals surface area contributed by atoms with Crippen molar-refractivity contribution in [2.24, 2.45) is 0 Å². The first kappa shape index (κ1) is 14.7. The second-order valence-corrected chi connectivity index (χ2v) is 5.82. The quantitative estimate of drug-likeness (QED) is 0.480. The lowest BCUT2D eigenvalue weighted by Gasteiger charge is -2.08. The second-order valence-electron chi connectivity index (χ2n) is 4.17. The SMILES string of the molecule is Cc1nnc(NS(=O)(=O)c2cc([N+](=O)[O-])c(N)cc2C)o1. The Morgan fingerprint density at radius 3 is 2.52 bits per heavy atom. The number of aromatic nitrogens is 2. The Hall–Kier alpha value is -2.69. The number of nitro benzene ring substituents is 1. The Morgan fingerprint density at radius 1 is 1.33 bits per heavy atom. The predicted molar refractivity (Wildman–Crippen MR) is 72.1 cm³/mol. The molecule has 0 radical (unpaired) electrons. The third-order valence-corrected chi connectivity index (χ3v) is 4.02. The van der Waals surface area contributed by atoms with E-state index in [1.54, 1.807) is 0 Å². The molecule has 112 valence electrons. The van der Waals surface area contributed by atoms with Gasteiger partial charge in [-0.1, -0.05) is 5.10 Å². The van der Waals surface area contributed by atoms with Gasteiger partial charge in [-0.3, -0.25) is 10.1 Å². The van der Waals surface area contributed by atoms with E-state index in [1.807, 2.05) is 0 Å². The molecular formula is C10H11N5O5S. The molecular weight excluding hydrogens is 302 g/mol. The van der Waals surface area contributed by atoms with Crippen molar-refractivity contribution >= 4 is 27.4 Å². The number of benzene rings is 1. The average Bonchev–Trinajstić information content (AvgIpc) is 2.72. The minimum atomic E-state index is -4.11. The number of nitrogens with one attached hydrogen (secondary N) is 1. The highest BCUT2D eigenvalue weighted by molar-refractivity contribution is 7.92. The van der Waals surface area contributed by atoms with Gasteiger partial charge in [0.2, 0.25) is 5.89 Å². The van der Waals surface area contributed by atoms with E-state index in [2.05, 4.69) is 14.9 Å². The number of sulfonamides is 1. The van der Waals surface area contributed by atoms with Gasteiger partial charge in [-0.15, -0.1) is 5.10 Å². The summed E-state index contributed by atoms with van der Waals surface area (Å²) < 4.78 is 31.4. The molecule has 0 aliphatic heterocycles.